The van der Waals surface area contributed by atoms with Crippen molar-refractivity contribution in [1.29, 1.82) is 0 Å². The third-order valence-electron chi connectivity index (χ3n) is 5.72. The molecule has 1 aromatic heterocycles. The molecule has 2 heterocycles. The number of thiophene rings is 1. The van der Waals surface area contributed by atoms with Gasteiger partial charge in [-0.05, 0) is 36.1 Å². The Kier molecular flexibility index (Phi) is 3.14. The summed E-state index contributed by atoms with van der Waals surface area (Å²) in [6.07, 6.45) is 4.12. The number of aliphatic hydroxyl groups is 1. The molecule has 4 nitrogen and oxygen atoms in total. The van der Waals surface area contributed by atoms with Crippen LogP contribution in [0.15, 0.2) is 17.5 Å². The topological polar surface area (TPSA) is 66.6 Å². The Hall–Kier alpha value is -0.910. The first-order chi connectivity index (χ1) is 10.1. The molecule has 0 radical (unpaired) electrons. The van der Waals surface area contributed by atoms with Crippen molar-refractivity contribution < 1.29 is 9.90 Å². The van der Waals surface area contributed by atoms with E-state index in [1.165, 1.54) is 11.3 Å². The molecule has 3 atom stereocenters. The lowest BCUT2D eigenvalue weighted by molar-refractivity contribution is -0.158. The van der Waals surface area contributed by atoms with Crippen molar-refractivity contribution in [2.24, 2.45) is 23.5 Å². The number of nitrogens with zero attached hydrogens (tertiary/aromatic N) is 1. The lowest BCUT2D eigenvalue weighted by Crippen LogP contribution is -2.51. The summed E-state index contributed by atoms with van der Waals surface area (Å²) >= 11 is 1.49. The molecular weight excluding hydrogens is 284 g/mol. The number of carbonyl (C=O) groups is 1. The van der Waals surface area contributed by atoms with Crippen LogP contribution < -0.4 is 5.73 Å². The van der Waals surface area contributed by atoms with Crippen LogP contribution in [-0.2, 0) is 10.4 Å². The van der Waals surface area contributed by atoms with Crippen LogP contribution in [0.3, 0.4) is 0 Å². The van der Waals surface area contributed by atoms with Crippen molar-refractivity contribution in [3.8, 4) is 0 Å². The van der Waals surface area contributed by atoms with Crippen molar-refractivity contribution >= 4 is 17.2 Å². The molecular formula is C16H22N2O2S. The molecule has 2 aliphatic carbocycles. The van der Waals surface area contributed by atoms with Gasteiger partial charge in [0.1, 0.15) is 0 Å². The summed E-state index contributed by atoms with van der Waals surface area (Å²) in [7, 11) is 0. The number of likely N-dealkylation sites (tertiary alicyclic amines) is 1. The third-order valence-corrected chi connectivity index (χ3v) is 6.71. The number of carbonyl (C=O) groups excluding carboxylic acids is 1. The fraction of sp³-hybridized carbons (Fsp3) is 0.688. The van der Waals surface area contributed by atoms with E-state index in [-0.39, 0.29) is 17.9 Å². The minimum Gasteiger partial charge on any atom is -0.374 e. The molecule has 3 N–H and O–H groups in total. The summed E-state index contributed by atoms with van der Waals surface area (Å²) in [5.74, 6) is 0.903. The van der Waals surface area contributed by atoms with Gasteiger partial charge in [0.2, 0.25) is 0 Å². The van der Waals surface area contributed by atoms with E-state index in [2.05, 4.69) is 0 Å². The largest absolute Gasteiger partial charge is 0.374 e. The Bertz CT molecular complexity index is 528. The van der Waals surface area contributed by atoms with Gasteiger partial charge >= 0.3 is 0 Å². The van der Waals surface area contributed by atoms with E-state index in [1.54, 1.807) is 0 Å². The number of hydrogen-bond acceptors (Lipinski definition) is 4. The first-order valence-corrected chi connectivity index (χ1v) is 8.81. The van der Waals surface area contributed by atoms with E-state index in [1.807, 2.05) is 22.4 Å². The molecule has 21 heavy (non-hydrogen) atoms. The molecule has 1 saturated heterocycles. The van der Waals surface area contributed by atoms with E-state index in [0.29, 0.717) is 11.8 Å². The lowest BCUT2D eigenvalue weighted by Gasteiger charge is -2.36. The lowest BCUT2D eigenvalue weighted by atomic mass is 9.83. The average molecular weight is 306 g/mol. The second-order valence-corrected chi connectivity index (χ2v) is 7.79. The second-order valence-electron chi connectivity index (χ2n) is 6.84. The predicted octanol–water partition coefficient (Wildman–Crippen LogP) is 1.54. The van der Waals surface area contributed by atoms with Gasteiger partial charge in [0.05, 0.1) is 0 Å². The van der Waals surface area contributed by atoms with Gasteiger partial charge in [-0.3, -0.25) is 4.79 Å². The number of nitrogens with two attached hydrogens (primary N) is 1. The van der Waals surface area contributed by atoms with E-state index in [4.69, 9.17) is 5.73 Å². The van der Waals surface area contributed by atoms with Gasteiger partial charge in [-0.2, -0.15) is 0 Å². The molecule has 1 aromatic rings. The van der Waals surface area contributed by atoms with Gasteiger partial charge in [-0.1, -0.05) is 18.9 Å². The van der Waals surface area contributed by atoms with Crippen LogP contribution in [0.5, 0.6) is 0 Å². The van der Waals surface area contributed by atoms with Gasteiger partial charge in [-0.15, -0.1) is 11.3 Å². The molecule has 3 aliphatic rings. The molecule has 0 spiro atoms. The van der Waals surface area contributed by atoms with Crippen LogP contribution in [0, 0.1) is 17.8 Å². The van der Waals surface area contributed by atoms with Crippen LogP contribution in [0.1, 0.15) is 30.6 Å². The Labute approximate surface area is 128 Å². The zero-order valence-corrected chi connectivity index (χ0v) is 12.9. The summed E-state index contributed by atoms with van der Waals surface area (Å²) in [6.45, 7) is 1.45. The van der Waals surface area contributed by atoms with Crippen LogP contribution >= 0.6 is 11.3 Å². The Morgan fingerprint density at radius 3 is 2.57 bits per heavy atom. The average Bonchev–Trinajstić information content (AvgIpc) is 3.10. The Morgan fingerprint density at radius 2 is 2.00 bits per heavy atom. The molecule has 2 unspecified atom stereocenters. The highest BCUT2D eigenvalue weighted by molar-refractivity contribution is 7.10. The van der Waals surface area contributed by atoms with Gasteiger partial charge < -0.3 is 15.7 Å². The minimum absolute atomic E-state index is 0.0641. The monoisotopic (exact) mass is 306 g/mol. The van der Waals surface area contributed by atoms with Crippen molar-refractivity contribution in [3.05, 3.63) is 22.4 Å². The summed E-state index contributed by atoms with van der Waals surface area (Å²) in [6, 6.07) is 4.10. The van der Waals surface area contributed by atoms with Gasteiger partial charge in [-0.25, -0.2) is 0 Å². The summed E-state index contributed by atoms with van der Waals surface area (Å²) in [5, 5.41) is 13.3. The number of amides is 1. The predicted molar refractivity (Wildman–Crippen MR) is 81.7 cm³/mol. The molecule has 1 amide bonds. The fourth-order valence-corrected chi connectivity index (χ4v) is 5.19. The summed E-state index contributed by atoms with van der Waals surface area (Å²) in [5.41, 5.74) is 4.65. The zero-order valence-electron chi connectivity index (χ0n) is 12.1. The SMILES string of the molecule is NC1C2CN(C(=O)[C@@](O)(c3cccs3)C3CCCC3)CC12. The first-order valence-electron chi connectivity index (χ1n) is 7.93. The zero-order chi connectivity index (χ0) is 14.6. The molecule has 3 fully saturated rings. The Morgan fingerprint density at radius 1 is 1.33 bits per heavy atom. The molecule has 2 saturated carbocycles. The number of rotatable bonds is 3. The third kappa shape index (κ3) is 1.98. The van der Waals surface area contributed by atoms with Crippen LogP contribution in [0.25, 0.3) is 0 Å². The maximum atomic E-state index is 13.1. The maximum Gasteiger partial charge on any atom is 0.260 e. The number of piperidine rings is 1. The minimum atomic E-state index is -1.31. The highest BCUT2D eigenvalue weighted by atomic mass is 32.1. The van der Waals surface area contributed by atoms with E-state index < -0.39 is 5.60 Å². The maximum absolute atomic E-state index is 13.1. The van der Waals surface area contributed by atoms with Crippen LogP contribution in [0.2, 0.25) is 0 Å². The molecule has 114 valence electrons. The van der Waals surface area contributed by atoms with Crippen LogP contribution in [-0.4, -0.2) is 35.0 Å². The molecule has 0 bridgehead atoms. The molecule has 5 heteroatoms. The fourth-order valence-electron chi connectivity index (χ4n) is 4.30. The number of hydrogen-bond donors (Lipinski definition) is 2. The van der Waals surface area contributed by atoms with E-state index in [9.17, 15) is 9.90 Å². The molecule has 1 aliphatic heterocycles. The van der Waals surface area contributed by atoms with Gasteiger partial charge in [0.15, 0.2) is 5.60 Å². The van der Waals surface area contributed by atoms with Crippen molar-refractivity contribution in [2.75, 3.05) is 13.1 Å². The smallest absolute Gasteiger partial charge is 0.260 e. The van der Waals surface area contributed by atoms with Crippen LogP contribution in [0.4, 0.5) is 0 Å². The van der Waals surface area contributed by atoms with Crippen molar-refractivity contribution in [1.82, 2.24) is 4.90 Å². The van der Waals surface area contributed by atoms with Crippen molar-refractivity contribution in [2.45, 2.75) is 37.3 Å². The number of fused-ring (bicyclic) bond motifs is 1. The summed E-state index contributed by atoms with van der Waals surface area (Å²) in [4.78, 5) is 15.7. The highest BCUT2D eigenvalue weighted by Crippen LogP contribution is 2.48. The first kappa shape index (κ1) is 13.7. The second kappa shape index (κ2) is 4.80. The summed E-state index contributed by atoms with van der Waals surface area (Å²) < 4.78 is 0. The van der Waals surface area contributed by atoms with E-state index >= 15 is 0 Å². The van der Waals surface area contributed by atoms with Crippen molar-refractivity contribution in [3.63, 3.8) is 0 Å². The van der Waals surface area contributed by atoms with Gasteiger partial charge in [0.25, 0.3) is 5.91 Å². The Balaban J connectivity index is 1.62. The van der Waals surface area contributed by atoms with E-state index in [0.717, 1.165) is 43.6 Å². The molecule has 0 aromatic carbocycles. The molecule has 4 rings (SSSR count). The quantitative estimate of drug-likeness (QED) is 0.890. The standard InChI is InChI=1S/C16H22N2O2S/c17-14-11-8-18(9-12(11)14)15(19)16(20,10-4-1-2-5-10)13-6-3-7-21-13/h3,6-7,10-12,14,20H,1-2,4-5,8-9,17H2/t11?,12?,14?,16-/m0/s1. The van der Waals surface area contributed by atoms with Gasteiger partial charge in [0, 0.05) is 29.9 Å². The highest BCUT2D eigenvalue weighted by Gasteiger charge is 2.58. The normalized spacial score (nSPS) is 34.8.